The Morgan fingerprint density at radius 2 is 1.65 bits per heavy atom. The average Bonchev–Trinajstić information content (AvgIpc) is 2.62. The van der Waals surface area contributed by atoms with Crippen LogP contribution in [0.15, 0.2) is 60.9 Å². The molecule has 0 saturated carbocycles. The van der Waals surface area contributed by atoms with Gasteiger partial charge in [0.1, 0.15) is 6.33 Å². The molecule has 0 bridgehead atoms. The zero-order valence-electron chi connectivity index (χ0n) is 12.5. The number of nitriles is 1. The van der Waals surface area contributed by atoms with E-state index in [1.165, 1.54) is 6.33 Å². The van der Waals surface area contributed by atoms with Crippen molar-refractivity contribution < 1.29 is 0 Å². The fourth-order valence-corrected chi connectivity index (χ4v) is 2.16. The van der Waals surface area contributed by atoms with Crippen molar-refractivity contribution in [1.29, 1.82) is 5.26 Å². The molecule has 0 saturated heterocycles. The number of aromatic nitrogens is 3. The quantitative estimate of drug-likeness (QED) is 0.783. The van der Waals surface area contributed by atoms with E-state index in [1.807, 2.05) is 54.6 Å². The van der Waals surface area contributed by atoms with E-state index < -0.39 is 0 Å². The molecule has 23 heavy (non-hydrogen) atoms. The number of rotatable bonds is 5. The second-order valence-corrected chi connectivity index (χ2v) is 5.00. The van der Waals surface area contributed by atoms with Gasteiger partial charge in [-0.05, 0) is 11.1 Å². The summed E-state index contributed by atoms with van der Waals surface area (Å²) in [5.74, 6) is 1.19. The highest BCUT2D eigenvalue weighted by molar-refractivity contribution is 5.55. The van der Waals surface area contributed by atoms with Crippen LogP contribution in [0.1, 0.15) is 11.1 Å². The van der Waals surface area contributed by atoms with Crippen LogP contribution in [0, 0.1) is 11.3 Å². The lowest BCUT2D eigenvalue weighted by atomic mass is 10.1. The number of hydrogen-bond acceptors (Lipinski definition) is 5. The highest BCUT2D eigenvalue weighted by atomic mass is 15.1. The van der Waals surface area contributed by atoms with Crippen molar-refractivity contribution in [2.45, 2.75) is 13.0 Å². The Labute approximate surface area is 134 Å². The molecule has 5 nitrogen and oxygen atoms in total. The van der Waals surface area contributed by atoms with Crippen LogP contribution < -0.4 is 5.32 Å². The normalized spacial score (nSPS) is 10.0. The van der Waals surface area contributed by atoms with Gasteiger partial charge in [-0.2, -0.15) is 10.2 Å². The predicted molar refractivity (Wildman–Crippen MR) is 88.3 cm³/mol. The highest BCUT2D eigenvalue weighted by Gasteiger charge is 2.03. The number of benzene rings is 2. The third kappa shape index (κ3) is 3.89. The molecular weight excluding hydrogens is 286 g/mol. The summed E-state index contributed by atoms with van der Waals surface area (Å²) in [5.41, 5.74) is 3.08. The zero-order chi connectivity index (χ0) is 15.9. The van der Waals surface area contributed by atoms with E-state index in [9.17, 15) is 0 Å². The smallest absolute Gasteiger partial charge is 0.226 e. The third-order valence-corrected chi connectivity index (χ3v) is 3.36. The van der Waals surface area contributed by atoms with Crippen LogP contribution in [-0.4, -0.2) is 15.0 Å². The molecule has 3 rings (SSSR count). The van der Waals surface area contributed by atoms with Crippen molar-refractivity contribution in [2.24, 2.45) is 0 Å². The second-order valence-electron chi connectivity index (χ2n) is 5.00. The molecule has 0 aliphatic rings. The van der Waals surface area contributed by atoms with Crippen LogP contribution in [-0.2, 0) is 13.0 Å². The molecule has 1 N–H and O–H groups in total. The van der Waals surface area contributed by atoms with Gasteiger partial charge in [-0.25, -0.2) is 9.97 Å². The van der Waals surface area contributed by atoms with Gasteiger partial charge in [0.05, 0.1) is 12.5 Å². The Hall–Kier alpha value is -3.26. The van der Waals surface area contributed by atoms with E-state index in [1.54, 1.807) is 0 Å². The number of nitrogens with one attached hydrogen (secondary N) is 1. The van der Waals surface area contributed by atoms with Gasteiger partial charge in [0.25, 0.3) is 0 Å². The van der Waals surface area contributed by atoms with Crippen LogP contribution >= 0.6 is 0 Å². The van der Waals surface area contributed by atoms with Gasteiger partial charge in [0.2, 0.25) is 5.95 Å². The van der Waals surface area contributed by atoms with Gasteiger partial charge in [-0.1, -0.05) is 54.6 Å². The molecule has 0 aliphatic heterocycles. The Bertz CT molecular complexity index is 807. The van der Waals surface area contributed by atoms with Crippen molar-refractivity contribution in [3.05, 3.63) is 72.1 Å². The number of nitrogens with zero attached hydrogens (tertiary/aromatic N) is 4. The van der Waals surface area contributed by atoms with E-state index in [0.29, 0.717) is 24.7 Å². The lowest BCUT2D eigenvalue weighted by molar-refractivity contribution is 1.01. The van der Waals surface area contributed by atoms with E-state index in [2.05, 4.69) is 26.3 Å². The predicted octanol–water partition coefficient (Wildman–Crippen LogP) is 3.22. The van der Waals surface area contributed by atoms with Crippen LogP contribution in [0.5, 0.6) is 0 Å². The third-order valence-electron chi connectivity index (χ3n) is 3.36. The van der Waals surface area contributed by atoms with Gasteiger partial charge >= 0.3 is 0 Å². The van der Waals surface area contributed by atoms with Crippen LogP contribution in [0.2, 0.25) is 0 Å². The summed E-state index contributed by atoms with van der Waals surface area (Å²) in [6.45, 7) is 0.616. The molecule has 0 amide bonds. The van der Waals surface area contributed by atoms with E-state index in [-0.39, 0.29) is 0 Å². The fraction of sp³-hybridized carbons (Fsp3) is 0.111. The minimum absolute atomic E-state index is 0.432. The van der Waals surface area contributed by atoms with Crippen molar-refractivity contribution in [3.8, 4) is 17.5 Å². The monoisotopic (exact) mass is 301 g/mol. The lowest BCUT2D eigenvalue weighted by Gasteiger charge is -2.06. The van der Waals surface area contributed by atoms with Gasteiger partial charge in [0, 0.05) is 12.1 Å². The van der Waals surface area contributed by atoms with Gasteiger partial charge in [-0.15, -0.1) is 0 Å². The first-order chi connectivity index (χ1) is 11.3. The average molecular weight is 301 g/mol. The maximum Gasteiger partial charge on any atom is 0.226 e. The Kier molecular flexibility index (Phi) is 4.55. The first kappa shape index (κ1) is 14.7. The molecule has 1 aromatic heterocycles. The van der Waals surface area contributed by atoms with E-state index >= 15 is 0 Å². The molecule has 112 valence electrons. The van der Waals surface area contributed by atoms with Crippen LogP contribution in [0.4, 0.5) is 5.95 Å². The van der Waals surface area contributed by atoms with Crippen molar-refractivity contribution in [2.75, 3.05) is 5.32 Å². The van der Waals surface area contributed by atoms with Crippen molar-refractivity contribution in [1.82, 2.24) is 15.0 Å². The molecular formula is C18H15N5. The molecule has 5 heteroatoms. The molecule has 0 fully saturated rings. The highest BCUT2D eigenvalue weighted by Crippen LogP contribution is 2.14. The molecule has 0 spiro atoms. The largest absolute Gasteiger partial charge is 0.350 e. The topological polar surface area (TPSA) is 74.5 Å². The SMILES string of the molecule is N#CCc1ccc(CNc2ncnc(-c3ccccc3)n2)cc1. The Morgan fingerprint density at radius 3 is 2.39 bits per heavy atom. The van der Waals surface area contributed by atoms with E-state index in [0.717, 1.165) is 16.7 Å². The lowest BCUT2D eigenvalue weighted by Crippen LogP contribution is -2.05. The molecule has 0 unspecified atom stereocenters. The van der Waals surface area contributed by atoms with Crippen LogP contribution in [0.25, 0.3) is 11.4 Å². The van der Waals surface area contributed by atoms with Gasteiger partial charge in [-0.3, -0.25) is 0 Å². The summed E-state index contributed by atoms with van der Waals surface area (Å²) >= 11 is 0. The van der Waals surface area contributed by atoms with Crippen molar-refractivity contribution >= 4 is 5.95 Å². The molecule has 0 aliphatic carbocycles. The minimum atomic E-state index is 0.432. The maximum atomic E-state index is 8.68. The Balaban J connectivity index is 1.68. The summed E-state index contributed by atoms with van der Waals surface area (Å²) in [5, 5.41) is 11.9. The molecule has 0 radical (unpaired) electrons. The fourth-order valence-electron chi connectivity index (χ4n) is 2.16. The first-order valence-corrected chi connectivity index (χ1v) is 7.28. The summed E-state index contributed by atoms with van der Waals surface area (Å²) in [4.78, 5) is 12.8. The van der Waals surface area contributed by atoms with E-state index in [4.69, 9.17) is 5.26 Å². The Morgan fingerprint density at radius 1 is 0.913 bits per heavy atom. The summed E-state index contributed by atoms with van der Waals surface area (Å²) in [6, 6.07) is 19.9. The second kappa shape index (κ2) is 7.14. The first-order valence-electron chi connectivity index (χ1n) is 7.28. The maximum absolute atomic E-state index is 8.68. The number of anilines is 1. The van der Waals surface area contributed by atoms with Gasteiger partial charge < -0.3 is 5.32 Å². The molecule has 0 atom stereocenters. The summed E-state index contributed by atoms with van der Waals surface area (Å²) in [6.07, 6.45) is 1.94. The van der Waals surface area contributed by atoms with Gasteiger partial charge in [0.15, 0.2) is 5.82 Å². The summed E-state index contributed by atoms with van der Waals surface area (Å²) in [7, 11) is 0. The number of hydrogen-bond donors (Lipinski definition) is 1. The zero-order valence-corrected chi connectivity index (χ0v) is 12.5. The summed E-state index contributed by atoms with van der Waals surface area (Å²) < 4.78 is 0. The standard InChI is InChI=1S/C18H15N5/c19-11-10-14-6-8-15(9-7-14)12-20-18-22-13-21-17(23-18)16-4-2-1-3-5-16/h1-9,13H,10,12H2,(H,20,21,22,23). The molecule has 3 aromatic rings. The molecule has 2 aromatic carbocycles. The minimum Gasteiger partial charge on any atom is -0.350 e. The van der Waals surface area contributed by atoms with Crippen molar-refractivity contribution in [3.63, 3.8) is 0 Å². The molecule has 1 heterocycles. The van der Waals surface area contributed by atoms with Crippen LogP contribution in [0.3, 0.4) is 0 Å².